The average Bonchev–Trinajstić information content (AvgIpc) is 2.72. The molecule has 6 heteroatoms. The van der Waals surface area contributed by atoms with Gasteiger partial charge in [0.2, 0.25) is 5.95 Å². The normalized spacial score (nSPS) is 16.4. The van der Waals surface area contributed by atoms with Gasteiger partial charge in [0.15, 0.2) is 0 Å². The second-order valence-corrected chi connectivity index (χ2v) is 7.43. The van der Waals surface area contributed by atoms with E-state index in [9.17, 15) is 0 Å². The molecule has 0 spiro atoms. The van der Waals surface area contributed by atoms with Crippen LogP contribution in [0, 0.1) is 0 Å². The first-order chi connectivity index (χ1) is 13.1. The molecule has 2 aromatic rings. The molecule has 0 unspecified atom stereocenters. The molecule has 1 saturated heterocycles. The number of anilines is 2. The minimum Gasteiger partial charge on any atom is -0.356 e. The largest absolute Gasteiger partial charge is 0.356 e. The highest BCUT2D eigenvalue weighted by molar-refractivity contribution is 5.46. The molecule has 146 valence electrons. The van der Waals surface area contributed by atoms with Crippen LogP contribution in [0.5, 0.6) is 0 Å². The topological polar surface area (TPSA) is 57.2 Å². The number of hydrogen-bond acceptors (Lipinski definition) is 6. The number of rotatable bonds is 7. The number of aromatic nitrogens is 3. The fourth-order valence-electron chi connectivity index (χ4n) is 3.62. The zero-order valence-electron chi connectivity index (χ0n) is 17.0. The summed E-state index contributed by atoms with van der Waals surface area (Å²) in [6.07, 6.45) is 8.03. The molecule has 1 N–H and O–H groups in total. The Hall–Kier alpha value is -2.21. The van der Waals surface area contributed by atoms with Crippen LogP contribution in [0.1, 0.15) is 50.4 Å². The highest BCUT2D eigenvalue weighted by atomic mass is 15.3. The van der Waals surface area contributed by atoms with E-state index in [0.717, 1.165) is 56.2 Å². The first-order valence-electron chi connectivity index (χ1n) is 10.1. The molecule has 0 amide bonds. The molecule has 0 aromatic carbocycles. The smallest absolute Gasteiger partial charge is 0.227 e. The van der Waals surface area contributed by atoms with Gasteiger partial charge in [-0.15, -0.1) is 0 Å². The fourth-order valence-corrected chi connectivity index (χ4v) is 3.62. The molecule has 1 fully saturated rings. The lowest BCUT2D eigenvalue weighted by Gasteiger charge is -2.35. The molecular formula is C21H32N6. The molecule has 3 heterocycles. The summed E-state index contributed by atoms with van der Waals surface area (Å²) < 4.78 is 0. The van der Waals surface area contributed by atoms with E-state index in [4.69, 9.17) is 4.98 Å². The Morgan fingerprint density at radius 2 is 1.85 bits per heavy atom. The van der Waals surface area contributed by atoms with Gasteiger partial charge >= 0.3 is 0 Å². The van der Waals surface area contributed by atoms with Crippen LogP contribution in [-0.4, -0.2) is 48.2 Å². The molecule has 0 aliphatic carbocycles. The summed E-state index contributed by atoms with van der Waals surface area (Å²) in [4.78, 5) is 17.9. The third kappa shape index (κ3) is 4.95. The van der Waals surface area contributed by atoms with Crippen LogP contribution in [-0.2, 0) is 6.42 Å². The molecule has 3 rings (SSSR count). The van der Waals surface area contributed by atoms with Crippen molar-refractivity contribution < 1.29 is 0 Å². The minimum atomic E-state index is 0.399. The van der Waals surface area contributed by atoms with Crippen LogP contribution in [0.3, 0.4) is 0 Å². The molecule has 0 radical (unpaired) electrons. The van der Waals surface area contributed by atoms with Gasteiger partial charge in [-0.2, -0.15) is 4.98 Å². The van der Waals surface area contributed by atoms with Crippen molar-refractivity contribution in [3.05, 3.63) is 41.9 Å². The van der Waals surface area contributed by atoms with E-state index in [2.05, 4.69) is 52.2 Å². The lowest BCUT2D eigenvalue weighted by atomic mass is 10.00. The van der Waals surface area contributed by atoms with Crippen molar-refractivity contribution in [1.29, 1.82) is 0 Å². The molecule has 27 heavy (non-hydrogen) atoms. The van der Waals surface area contributed by atoms with Crippen LogP contribution in [0.15, 0.2) is 30.6 Å². The van der Waals surface area contributed by atoms with Gasteiger partial charge in [0.1, 0.15) is 5.82 Å². The standard InChI is InChI=1S/C21H32N6/c1-5-17-15-20(25-21(24-17)26(3)4)27-13-9-18(10-14-27)23-19(6-2)16-7-11-22-12-8-16/h7-8,11-12,15,18-19,23H,5-6,9-10,13-14H2,1-4H3/t19-/m1/s1. The van der Waals surface area contributed by atoms with Crippen molar-refractivity contribution >= 4 is 11.8 Å². The summed E-state index contributed by atoms with van der Waals surface area (Å²) in [6, 6.07) is 7.32. The Kier molecular flexibility index (Phi) is 6.61. The summed E-state index contributed by atoms with van der Waals surface area (Å²) in [5.41, 5.74) is 2.43. The lowest BCUT2D eigenvalue weighted by molar-refractivity contribution is 0.363. The van der Waals surface area contributed by atoms with Gasteiger partial charge in [0.05, 0.1) is 0 Å². The Labute approximate surface area is 163 Å². The van der Waals surface area contributed by atoms with E-state index in [1.807, 2.05) is 31.4 Å². The molecule has 6 nitrogen and oxygen atoms in total. The van der Waals surface area contributed by atoms with Crippen LogP contribution in [0.4, 0.5) is 11.8 Å². The van der Waals surface area contributed by atoms with E-state index in [-0.39, 0.29) is 0 Å². The van der Waals surface area contributed by atoms with Crippen molar-refractivity contribution in [2.24, 2.45) is 0 Å². The predicted molar refractivity (Wildman–Crippen MR) is 111 cm³/mol. The van der Waals surface area contributed by atoms with Gasteiger partial charge in [0.25, 0.3) is 0 Å². The van der Waals surface area contributed by atoms with Crippen molar-refractivity contribution in [3.63, 3.8) is 0 Å². The predicted octanol–water partition coefficient (Wildman–Crippen LogP) is 3.21. The highest BCUT2D eigenvalue weighted by Gasteiger charge is 2.23. The summed E-state index contributed by atoms with van der Waals surface area (Å²) in [5, 5.41) is 3.85. The van der Waals surface area contributed by atoms with E-state index < -0.39 is 0 Å². The zero-order valence-corrected chi connectivity index (χ0v) is 17.0. The maximum absolute atomic E-state index is 4.77. The third-order valence-electron chi connectivity index (χ3n) is 5.29. The zero-order chi connectivity index (χ0) is 19.2. The first kappa shape index (κ1) is 19.5. The average molecular weight is 369 g/mol. The van der Waals surface area contributed by atoms with E-state index in [1.54, 1.807) is 0 Å². The summed E-state index contributed by atoms with van der Waals surface area (Å²) in [7, 11) is 4.00. The van der Waals surface area contributed by atoms with E-state index >= 15 is 0 Å². The van der Waals surface area contributed by atoms with Crippen molar-refractivity contribution in [3.8, 4) is 0 Å². The summed E-state index contributed by atoms with van der Waals surface area (Å²) >= 11 is 0. The van der Waals surface area contributed by atoms with Crippen LogP contribution in [0.25, 0.3) is 0 Å². The molecular weight excluding hydrogens is 336 g/mol. The summed E-state index contributed by atoms with van der Waals surface area (Å²) in [5.74, 6) is 1.86. The Bertz CT molecular complexity index is 710. The van der Waals surface area contributed by atoms with Gasteiger partial charge in [-0.25, -0.2) is 4.98 Å². The van der Waals surface area contributed by atoms with Gasteiger partial charge in [-0.3, -0.25) is 4.98 Å². The van der Waals surface area contributed by atoms with E-state index in [1.165, 1.54) is 5.56 Å². The Morgan fingerprint density at radius 3 is 2.44 bits per heavy atom. The van der Waals surface area contributed by atoms with Crippen LogP contribution < -0.4 is 15.1 Å². The molecule has 0 saturated carbocycles. The van der Waals surface area contributed by atoms with E-state index in [0.29, 0.717) is 12.1 Å². The SMILES string of the molecule is CCc1cc(N2CCC(N[C@H](CC)c3ccncc3)CC2)nc(N(C)C)n1. The van der Waals surface area contributed by atoms with Crippen molar-refractivity contribution in [2.75, 3.05) is 37.0 Å². The molecule has 1 aliphatic heterocycles. The number of aryl methyl sites for hydroxylation is 1. The van der Waals surface area contributed by atoms with Gasteiger partial charge in [0, 0.05) is 63.4 Å². The Balaban J connectivity index is 1.62. The maximum Gasteiger partial charge on any atom is 0.227 e. The second-order valence-electron chi connectivity index (χ2n) is 7.43. The first-order valence-corrected chi connectivity index (χ1v) is 10.1. The summed E-state index contributed by atoms with van der Waals surface area (Å²) in [6.45, 7) is 6.43. The highest BCUT2D eigenvalue weighted by Crippen LogP contribution is 2.24. The minimum absolute atomic E-state index is 0.399. The van der Waals surface area contributed by atoms with Gasteiger partial charge in [-0.05, 0) is 43.4 Å². The van der Waals surface area contributed by atoms with Gasteiger partial charge < -0.3 is 15.1 Å². The van der Waals surface area contributed by atoms with Crippen molar-refractivity contribution in [1.82, 2.24) is 20.3 Å². The number of pyridine rings is 1. The molecule has 0 bridgehead atoms. The molecule has 1 aliphatic rings. The second kappa shape index (κ2) is 9.13. The number of piperidine rings is 1. The quantitative estimate of drug-likeness (QED) is 0.810. The maximum atomic E-state index is 4.77. The van der Waals surface area contributed by atoms with Crippen molar-refractivity contribution in [2.45, 2.75) is 51.6 Å². The number of hydrogen-bond donors (Lipinski definition) is 1. The fraction of sp³-hybridized carbons (Fsp3) is 0.571. The monoisotopic (exact) mass is 368 g/mol. The molecule has 2 aromatic heterocycles. The lowest BCUT2D eigenvalue weighted by Crippen LogP contribution is -2.44. The van der Waals surface area contributed by atoms with Crippen LogP contribution >= 0.6 is 0 Å². The number of nitrogens with one attached hydrogen (secondary N) is 1. The molecule has 1 atom stereocenters. The Morgan fingerprint density at radius 1 is 1.15 bits per heavy atom. The number of nitrogens with zero attached hydrogens (tertiary/aromatic N) is 5. The third-order valence-corrected chi connectivity index (χ3v) is 5.29. The van der Waals surface area contributed by atoms with Crippen LogP contribution in [0.2, 0.25) is 0 Å². The van der Waals surface area contributed by atoms with Gasteiger partial charge in [-0.1, -0.05) is 13.8 Å².